The van der Waals surface area contributed by atoms with Crippen LogP contribution in [0.15, 0.2) is 0 Å². The van der Waals surface area contributed by atoms with Gasteiger partial charge in [-0.2, -0.15) is 0 Å². The van der Waals surface area contributed by atoms with Gasteiger partial charge in [-0.3, -0.25) is 0 Å². The lowest BCUT2D eigenvalue weighted by Gasteiger charge is -2.39. The Morgan fingerprint density at radius 1 is 1.35 bits per heavy atom. The first kappa shape index (κ1) is 12.8. The van der Waals surface area contributed by atoms with E-state index in [0.29, 0.717) is 32.0 Å². The number of carboxylic acids is 1. The van der Waals surface area contributed by atoms with Crippen molar-refractivity contribution in [3.05, 3.63) is 0 Å². The first-order chi connectivity index (χ1) is 8.12. The fourth-order valence-electron chi connectivity index (χ4n) is 2.97. The van der Waals surface area contributed by atoms with Crippen molar-refractivity contribution in [3.63, 3.8) is 0 Å². The summed E-state index contributed by atoms with van der Waals surface area (Å²) >= 11 is 0. The number of carbonyl (C=O) groups is 1. The minimum absolute atomic E-state index is 0.0603. The second-order valence-corrected chi connectivity index (χ2v) is 5.43. The van der Waals surface area contributed by atoms with Crippen LogP contribution in [-0.2, 0) is 14.3 Å². The third-order valence-electron chi connectivity index (χ3n) is 3.91. The SMILES string of the molecule is CC1CCCC(OC2CCOCC2)(C(=O)O)C1. The van der Waals surface area contributed by atoms with E-state index in [1.807, 2.05) is 0 Å². The lowest BCUT2D eigenvalue weighted by atomic mass is 9.78. The fraction of sp³-hybridized carbons (Fsp3) is 0.923. The zero-order valence-electron chi connectivity index (χ0n) is 10.5. The third kappa shape index (κ3) is 2.99. The van der Waals surface area contributed by atoms with Crippen molar-refractivity contribution >= 4 is 5.97 Å². The predicted octanol–water partition coefficient (Wildman–Crippen LogP) is 2.22. The molecule has 4 heteroatoms. The smallest absolute Gasteiger partial charge is 0.335 e. The minimum atomic E-state index is -0.931. The maximum atomic E-state index is 11.5. The Balaban J connectivity index is 2.02. The molecule has 0 aromatic rings. The predicted molar refractivity (Wildman–Crippen MR) is 62.9 cm³/mol. The van der Waals surface area contributed by atoms with Crippen molar-refractivity contribution in [2.24, 2.45) is 5.92 Å². The Morgan fingerprint density at radius 2 is 2.06 bits per heavy atom. The molecule has 2 aliphatic rings. The number of aliphatic carboxylic acids is 1. The van der Waals surface area contributed by atoms with E-state index in [9.17, 15) is 9.90 Å². The molecule has 2 atom stereocenters. The van der Waals surface area contributed by atoms with E-state index >= 15 is 0 Å². The van der Waals surface area contributed by atoms with Crippen LogP contribution in [0.25, 0.3) is 0 Å². The van der Waals surface area contributed by atoms with Crippen LogP contribution in [0.4, 0.5) is 0 Å². The van der Waals surface area contributed by atoms with Crippen LogP contribution >= 0.6 is 0 Å². The van der Waals surface area contributed by atoms with Crippen LogP contribution in [0.2, 0.25) is 0 Å². The third-order valence-corrected chi connectivity index (χ3v) is 3.91. The van der Waals surface area contributed by atoms with Crippen molar-refractivity contribution in [1.29, 1.82) is 0 Å². The molecular formula is C13H22O4. The molecule has 0 aromatic carbocycles. The molecule has 1 aliphatic carbocycles. The fourth-order valence-corrected chi connectivity index (χ4v) is 2.97. The molecule has 2 rings (SSSR count). The summed E-state index contributed by atoms with van der Waals surface area (Å²) in [6.45, 7) is 3.50. The van der Waals surface area contributed by atoms with Gasteiger partial charge in [0.15, 0.2) is 5.60 Å². The quantitative estimate of drug-likeness (QED) is 0.824. The zero-order valence-corrected chi connectivity index (χ0v) is 10.5. The maximum Gasteiger partial charge on any atom is 0.335 e. The van der Waals surface area contributed by atoms with Gasteiger partial charge < -0.3 is 14.6 Å². The van der Waals surface area contributed by atoms with Gasteiger partial charge >= 0.3 is 5.97 Å². The molecule has 0 radical (unpaired) electrons. The summed E-state index contributed by atoms with van der Waals surface area (Å²) in [4.78, 5) is 11.5. The second kappa shape index (κ2) is 5.36. The highest BCUT2D eigenvalue weighted by Crippen LogP contribution is 2.37. The van der Waals surface area contributed by atoms with Gasteiger partial charge in [0, 0.05) is 13.2 Å². The van der Waals surface area contributed by atoms with Gasteiger partial charge in [0.1, 0.15) is 0 Å². The molecule has 1 saturated heterocycles. The molecule has 1 aliphatic heterocycles. The van der Waals surface area contributed by atoms with E-state index in [1.54, 1.807) is 0 Å². The van der Waals surface area contributed by atoms with Crippen LogP contribution in [0.3, 0.4) is 0 Å². The average molecular weight is 242 g/mol. The normalized spacial score (nSPS) is 35.7. The largest absolute Gasteiger partial charge is 0.479 e. The van der Waals surface area contributed by atoms with E-state index < -0.39 is 11.6 Å². The van der Waals surface area contributed by atoms with Gasteiger partial charge in [-0.1, -0.05) is 13.3 Å². The Labute approximate surface area is 102 Å². The van der Waals surface area contributed by atoms with E-state index in [4.69, 9.17) is 9.47 Å². The molecule has 1 heterocycles. The van der Waals surface area contributed by atoms with Gasteiger partial charge in [-0.05, 0) is 38.0 Å². The summed E-state index contributed by atoms with van der Waals surface area (Å²) in [5, 5.41) is 9.48. The number of carboxylic acid groups (broad SMARTS) is 1. The summed E-state index contributed by atoms with van der Waals surface area (Å²) in [6.07, 6.45) is 5.09. The van der Waals surface area contributed by atoms with Crippen molar-refractivity contribution in [3.8, 4) is 0 Å². The zero-order chi connectivity index (χ0) is 12.3. The lowest BCUT2D eigenvalue weighted by Crippen LogP contribution is -2.48. The standard InChI is InChI=1S/C13H22O4/c1-10-3-2-6-13(9-10,12(14)15)17-11-4-7-16-8-5-11/h10-11H,2-9H2,1H3,(H,14,15). The van der Waals surface area contributed by atoms with Crippen molar-refractivity contribution < 1.29 is 19.4 Å². The number of hydrogen-bond donors (Lipinski definition) is 1. The van der Waals surface area contributed by atoms with Crippen LogP contribution in [0.5, 0.6) is 0 Å². The van der Waals surface area contributed by atoms with Gasteiger partial charge in [-0.15, -0.1) is 0 Å². The monoisotopic (exact) mass is 242 g/mol. The van der Waals surface area contributed by atoms with E-state index in [1.165, 1.54) is 0 Å². The molecule has 2 unspecified atom stereocenters. The molecule has 17 heavy (non-hydrogen) atoms. The second-order valence-electron chi connectivity index (χ2n) is 5.43. The van der Waals surface area contributed by atoms with E-state index in [-0.39, 0.29) is 6.10 Å². The molecule has 4 nitrogen and oxygen atoms in total. The highest BCUT2D eigenvalue weighted by Gasteiger charge is 2.44. The summed E-state index contributed by atoms with van der Waals surface area (Å²) in [5.74, 6) is -0.338. The van der Waals surface area contributed by atoms with E-state index in [2.05, 4.69) is 6.92 Å². The molecule has 1 saturated carbocycles. The summed E-state index contributed by atoms with van der Waals surface area (Å²) in [6, 6.07) is 0. The molecular weight excluding hydrogens is 220 g/mol. The topological polar surface area (TPSA) is 55.8 Å². The summed E-state index contributed by atoms with van der Waals surface area (Å²) < 4.78 is 11.2. The molecule has 0 spiro atoms. The first-order valence-corrected chi connectivity index (χ1v) is 6.61. The first-order valence-electron chi connectivity index (χ1n) is 6.61. The van der Waals surface area contributed by atoms with Crippen LogP contribution in [0, 0.1) is 5.92 Å². The maximum absolute atomic E-state index is 11.5. The molecule has 1 N–H and O–H groups in total. The Hall–Kier alpha value is -0.610. The van der Waals surface area contributed by atoms with Crippen molar-refractivity contribution in [2.75, 3.05) is 13.2 Å². The van der Waals surface area contributed by atoms with Gasteiger partial charge in [0.05, 0.1) is 6.10 Å². The number of rotatable bonds is 3. The number of ether oxygens (including phenoxy) is 2. The van der Waals surface area contributed by atoms with Crippen molar-refractivity contribution in [2.45, 2.75) is 57.2 Å². The Bertz CT molecular complexity index is 273. The van der Waals surface area contributed by atoms with Gasteiger partial charge in [-0.25, -0.2) is 4.79 Å². The highest BCUT2D eigenvalue weighted by molar-refractivity contribution is 5.77. The lowest BCUT2D eigenvalue weighted by molar-refractivity contribution is -0.189. The van der Waals surface area contributed by atoms with Gasteiger partial charge in [0.25, 0.3) is 0 Å². The highest BCUT2D eigenvalue weighted by atomic mass is 16.5. The van der Waals surface area contributed by atoms with Crippen LogP contribution in [-0.4, -0.2) is 36.0 Å². The molecule has 0 bridgehead atoms. The summed E-state index contributed by atoms with van der Waals surface area (Å²) in [7, 11) is 0. The van der Waals surface area contributed by atoms with Crippen LogP contribution in [0.1, 0.15) is 45.4 Å². The molecule has 2 fully saturated rings. The van der Waals surface area contributed by atoms with Crippen molar-refractivity contribution in [1.82, 2.24) is 0 Å². The van der Waals surface area contributed by atoms with Crippen LogP contribution < -0.4 is 0 Å². The average Bonchev–Trinajstić information content (AvgIpc) is 2.30. The Morgan fingerprint density at radius 3 is 2.65 bits per heavy atom. The molecule has 0 aromatic heterocycles. The molecule has 98 valence electrons. The Kier molecular flexibility index (Phi) is 4.05. The van der Waals surface area contributed by atoms with Gasteiger partial charge in [0.2, 0.25) is 0 Å². The molecule has 0 amide bonds. The number of hydrogen-bond acceptors (Lipinski definition) is 3. The summed E-state index contributed by atoms with van der Waals surface area (Å²) in [5.41, 5.74) is -0.931. The minimum Gasteiger partial charge on any atom is -0.479 e. The van der Waals surface area contributed by atoms with E-state index in [0.717, 1.165) is 25.7 Å².